The molecule has 1 saturated heterocycles. The Morgan fingerprint density at radius 2 is 1.86 bits per heavy atom. The second-order valence-corrected chi connectivity index (χ2v) is 9.83. The standard InChI is InChI=1S/C17H26FN8O8P/c1-7(15(28)31-3)23-35(30,24-8(2)16(29)32-4)6-33-17-9(18)11(27)14(34-17)26-13-10(22-25-26)12(19)20-5-21-13/h5,7-9,11,14,17,27H,6H2,1-4H3,(H2,19,20,21)(H2,23,24,30)/t7-,8-,9-,11+,14+,17-/m0/s1. The third-order valence-corrected chi connectivity index (χ3v) is 7.14. The molecule has 16 nitrogen and oxygen atoms in total. The number of carbonyl (C=O) groups excluding carboxylic acids is 2. The first-order valence-corrected chi connectivity index (χ1v) is 12.1. The van der Waals surface area contributed by atoms with Gasteiger partial charge in [0.1, 0.15) is 30.9 Å². The zero-order valence-corrected chi connectivity index (χ0v) is 20.1. The minimum atomic E-state index is -3.91. The van der Waals surface area contributed by atoms with Gasteiger partial charge in [0.15, 0.2) is 35.7 Å². The molecule has 2 aromatic rings. The van der Waals surface area contributed by atoms with Gasteiger partial charge in [-0.2, -0.15) is 4.68 Å². The number of alkyl halides is 1. The van der Waals surface area contributed by atoms with Crippen molar-refractivity contribution in [2.24, 2.45) is 0 Å². The highest BCUT2D eigenvalue weighted by atomic mass is 31.2. The SMILES string of the molecule is COC(=O)[C@H](C)NP(=O)(CO[C@H]1O[C@@H](n2nnc3c(N)ncnc32)[C@H](O)[C@@H]1F)N[C@@H](C)C(=O)OC. The van der Waals surface area contributed by atoms with E-state index in [1.54, 1.807) is 0 Å². The maximum atomic E-state index is 14.9. The summed E-state index contributed by atoms with van der Waals surface area (Å²) in [5, 5.41) is 23.0. The summed E-state index contributed by atoms with van der Waals surface area (Å²) < 4.78 is 49.4. The Labute approximate surface area is 198 Å². The van der Waals surface area contributed by atoms with E-state index >= 15 is 0 Å². The minimum absolute atomic E-state index is 0.0240. The summed E-state index contributed by atoms with van der Waals surface area (Å²) in [6.45, 7) is 2.74. The predicted molar refractivity (Wildman–Crippen MR) is 115 cm³/mol. The van der Waals surface area contributed by atoms with Gasteiger partial charge < -0.3 is 29.8 Å². The average molecular weight is 520 g/mol. The number of fused-ring (bicyclic) bond motifs is 1. The first-order chi connectivity index (χ1) is 16.5. The van der Waals surface area contributed by atoms with E-state index in [0.29, 0.717) is 0 Å². The van der Waals surface area contributed by atoms with Gasteiger partial charge in [0.05, 0.1) is 14.2 Å². The second kappa shape index (κ2) is 10.8. The van der Waals surface area contributed by atoms with Crippen molar-refractivity contribution >= 4 is 36.4 Å². The van der Waals surface area contributed by atoms with Crippen molar-refractivity contribution in [2.45, 2.75) is 50.7 Å². The van der Waals surface area contributed by atoms with Crippen molar-refractivity contribution in [1.82, 2.24) is 35.1 Å². The number of nitrogens with one attached hydrogen (secondary N) is 2. The smallest absolute Gasteiger partial charge is 0.322 e. The fraction of sp³-hybridized carbons (Fsp3) is 0.647. The zero-order chi connectivity index (χ0) is 25.9. The highest BCUT2D eigenvalue weighted by Crippen LogP contribution is 2.41. The number of carbonyl (C=O) groups is 2. The normalized spacial score (nSPS) is 24.3. The maximum absolute atomic E-state index is 14.9. The molecule has 194 valence electrons. The molecule has 0 bridgehead atoms. The van der Waals surface area contributed by atoms with Gasteiger partial charge in [-0.1, -0.05) is 5.21 Å². The number of hydrogen-bond donors (Lipinski definition) is 4. The second-order valence-electron chi connectivity index (χ2n) is 7.58. The topological polar surface area (TPSA) is 215 Å². The molecule has 0 aliphatic carbocycles. The molecule has 0 unspecified atom stereocenters. The maximum Gasteiger partial charge on any atom is 0.322 e. The Bertz CT molecular complexity index is 1090. The largest absolute Gasteiger partial charge is 0.468 e. The van der Waals surface area contributed by atoms with E-state index in [0.717, 1.165) is 25.2 Å². The number of nitrogen functional groups attached to an aromatic ring is 1. The predicted octanol–water partition coefficient (Wildman–Crippen LogP) is -1.17. The van der Waals surface area contributed by atoms with E-state index in [4.69, 9.17) is 15.2 Å². The summed E-state index contributed by atoms with van der Waals surface area (Å²) in [6, 6.07) is -2.16. The van der Waals surface area contributed by atoms with Crippen LogP contribution < -0.4 is 15.9 Å². The van der Waals surface area contributed by atoms with Crippen molar-refractivity contribution in [3.05, 3.63) is 6.33 Å². The van der Waals surface area contributed by atoms with Gasteiger partial charge in [0.2, 0.25) is 7.44 Å². The van der Waals surface area contributed by atoms with Crippen molar-refractivity contribution in [3.8, 4) is 0 Å². The average Bonchev–Trinajstić information content (AvgIpc) is 3.38. The van der Waals surface area contributed by atoms with Gasteiger partial charge in [-0.3, -0.25) is 14.2 Å². The van der Waals surface area contributed by atoms with Gasteiger partial charge in [0, 0.05) is 0 Å². The minimum Gasteiger partial charge on any atom is -0.468 e. The molecule has 1 fully saturated rings. The van der Waals surface area contributed by atoms with Gasteiger partial charge >= 0.3 is 11.9 Å². The molecule has 0 amide bonds. The van der Waals surface area contributed by atoms with Gasteiger partial charge in [-0.15, -0.1) is 5.10 Å². The van der Waals surface area contributed by atoms with E-state index < -0.39 is 62.6 Å². The molecule has 2 aromatic heterocycles. The van der Waals surface area contributed by atoms with Crippen LogP contribution in [0.1, 0.15) is 20.1 Å². The lowest BCUT2D eigenvalue weighted by Gasteiger charge is -2.27. The molecule has 5 N–H and O–H groups in total. The Hall–Kier alpha value is -2.82. The van der Waals surface area contributed by atoms with Gasteiger partial charge in [0.25, 0.3) is 0 Å². The fourth-order valence-electron chi connectivity index (χ4n) is 3.27. The third kappa shape index (κ3) is 5.71. The number of rotatable bonds is 10. The lowest BCUT2D eigenvalue weighted by Crippen LogP contribution is -2.43. The summed E-state index contributed by atoms with van der Waals surface area (Å²) in [5.41, 5.74) is 5.92. The van der Waals surface area contributed by atoms with Crippen molar-refractivity contribution in [2.75, 3.05) is 26.3 Å². The fourth-order valence-corrected chi connectivity index (χ4v) is 5.31. The number of aliphatic hydroxyl groups excluding tert-OH is 1. The molecular weight excluding hydrogens is 494 g/mol. The molecule has 1 aliphatic heterocycles. The molecule has 6 atom stereocenters. The molecule has 1 aliphatic rings. The van der Waals surface area contributed by atoms with Crippen LogP contribution in [0.25, 0.3) is 11.2 Å². The van der Waals surface area contributed by atoms with Crippen LogP contribution in [0.15, 0.2) is 6.33 Å². The summed E-state index contributed by atoms with van der Waals surface area (Å²) in [6.07, 6.45) is -6.57. The van der Waals surface area contributed by atoms with Crippen LogP contribution >= 0.6 is 7.44 Å². The quantitative estimate of drug-likeness (QED) is 0.214. The van der Waals surface area contributed by atoms with Crippen LogP contribution in [0.3, 0.4) is 0 Å². The van der Waals surface area contributed by atoms with Crippen molar-refractivity contribution < 1.29 is 42.6 Å². The number of nitrogens with two attached hydrogens (primary N) is 1. The number of hydrogen-bond acceptors (Lipinski definition) is 13. The molecule has 18 heteroatoms. The van der Waals surface area contributed by atoms with Crippen molar-refractivity contribution in [1.29, 1.82) is 0 Å². The monoisotopic (exact) mass is 520 g/mol. The van der Waals surface area contributed by atoms with E-state index in [1.807, 2.05) is 0 Å². The molecule has 0 radical (unpaired) electrons. The summed E-state index contributed by atoms with van der Waals surface area (Å²) in [7, 11) is -1.64. The first kappa shape index (κ1) is 26.8. The van der Waals surface area contributed by atoms with Gasteiger partial charge in [-0.25, -0.2) is 24.5 Å². The van der Waals surface area contributed by atoms with Crippen LogP contribution in [-0.4, -0.2) is 93.2 Å². The highest BCUT2D eigenvalue weighted by Gasteiger charge is 2.48. The van der Waals surface area contributed by atoms with Crippen LogP contribution in [0.4, 0.5) is 10.2 Å². The van der Waals surface area contributed by atoms with Crippen LogP contribution in [0.5, 0.6) is 0 Å². The Morgan fingerprint density at radius 3 is 2.43 bits per heavy atom. The van der Waals surface area contributed by atoms with Crippen LogP contribution in [0, 0.1) is 0 Å². The number of ether oxygens (including phenoxy) is 4. The van der Waals surface area contributed by atoms with Crippen LogP contribution in [-0.2, 0) is 33.1 Å². The number of methoxy groups -OCH3 is 2. The van der Waals surface area contributed by atoms with Crippen LogP contribution in [0.2, 0.25) is 0 Å². The van der Waals surface area contributed by atoms with E-state index in [2.05, 4.69) is 39.9 Å². The van der Waals surface area contributed by atoms with E-state index in [1.165, 1.54) is 13.8 Å². The highest BCUT2D eigenvalue weighted by molar-refractivity contribution is 7.59. The Morgan fingerprint density at radius 1 is 1.26 bits per heavy atom. The zero-order valence-electron chi connectivity index (χ0n) is 19.2. The molecule has 0 spiro atoms. The third-order valence-electron chi connectivity index (χ3n) is 5.02. The Balaban J connectivity index is 1.77. The number of aliphatic hydroxyl groups is 1. The molecule has 35 heavy (non-hydrogen) atoms. The number of aromatic nitrogens is 5. The number of esters is 2. The summed E-state index contributed by atoms with van der Waals surface area (Å²) in [4.78, 5) is 31.4. The van der Waals surface area contributed by atoms with E-state index in [-0.39, 0.29) is 17.0 Å². The molecule has 3 heterocycles. The summed E-state index contributed by atoms with van der Waals surface area (Å²) >= 11 is 0. The van der Waals surface area contributed by atoms with Gasteiger partial charge in [-0.05, 0) is 13.8 Å². The molecule has 0 saturated carbocycles. The lowest BCUT2D eigenvalue weighted by molar-refractivity contribution is -0.159. The molecule has 0 aromatic carbocycles. The number of nitrogens with zero attached hydrogens (tertiary/aromatic N) is 5. The van der Waals surface area contributed by atoms with E-state index in [9.17, 15) is 23.7 Å². The summed E-state index contributed by atoms with van der Waals surface area (Å²) in [5.74, 6) is -1.46. The lowest BCUT2D eigenvalue weighted by atomic mass is 10.2. The first-order valence-electron chi connectivity index (χ1n) is 10.2. The number of anilines is 1. The van der Waals surface area contributed by atoms with Crippen molar-refractivity contribution in [3.63, 3.8) is 0 Å². The molecular formula is C17H26FN8O8P. The number of halogens is 1. The molecule has 3 rings (SSSR count). The Kier molecular flexibility index (Phi) is 8.30.